The number of nitrogens with one attached hydrogen (secondary N) is 1. The highest BCUT2D eigenvalue weighted by Crippen LogP contribution is 2.09. The zero-order valence-electron chi connectivity index (χ0n) is 22.6. The topological polar surface area (TPSA) is 104 Å². The summed E-state index contributed by atoms with van der Waals surface area (Å²) in [5.41, 5.74) is 0. The molecule has 36 heavy (non-hydrogen) atoms. The predicted molar refractivity (Wildman–Crippen MR) is 152 cm³/mol. The van der Waals surface area contributed by atoms with Gasteiger partial charge in [-0.15, -0.1) is 0 Å². The van der Waals surface area contributed by atoms with Crippen LogP contribution in [0.3, 0.4) is 0 Å². The smallest absolute Gasteiger partial charge is 0.267 e. The van der Waals surface area contributed by atoms with E-state index in [1.54, 1.807) is 6.08 Å². The molecule has 0 rings (SSSR count). The van der Waals surface area contributed by atoms with E-state index in [9.17, 15) is 22.9 Å². The second-order valence-electron chi connectivity index (χ2n) is 9.31. The fraction of sp³-hybridized carbons (Fsp3) is 0.690. The van der Waals surface area contributed by atoms with Gasteiger partial charge >= 0.3 is 0 Å². The van der Waals surface area contributed by atoms with Crippen LogP contribution in [0, 0.1) is 0 Å². The Kier molecular flexibility index (Phi) is 22.6. The highest BCUT2D eigenvalue weighted by Gasteiger charge is 2.24. The number of carbonyl (C=O) groups excluding carboxylic acids is 1. The van der Waals surface area contributed by atoms with Crippen LogP contribution in [-0.4, -0.2) is 41.9 Å². The van der Waals surface area contributed by atoms with Crippen LogP contribution in [0.1, 0.15) is 110 Å². The molecule has 2 unspecified atom stereocenters. The lowest BCUT2D eigenvalue weighted by molar-refractivity contribution is -0.122. The summed E-state index contributed by atoms with van der Waals surface area (Å²) in [4.78, 5) is 12.3. The van der Waals surface area contributed by atoms with Crippen molar-refractivity contribution >= 4 is 16.0 Å². The Hall–Kier alpha value is -1.70. The summed E-state index contributed by atoms with van der Waals surface area (Å²) in [6, 6.07) is -1.08. The summed E-state index contributed by atoms with van der Waals surface area (Å²) in [6.45, 7) is 4.31. The largest absolute Gasteiger partial charge is 0.387 e. The maximum Gasteiger partial charge on any atom is 0.267 e. The van der Waals surface area contributed by atoms with Crippen molar-refractivity contribution in [1.82, 2.24) is 5.32 Å². The molecule has 7 heteroatoms. The van der Waals surface area contributed by atoms with Crippen molar-refractivity contribution in [2.24, 2.45) is 0 Å². The lowest BCUT2D eigenvalue weighted by atomic mass is 10.1. The average molecular weight is 526 g/mol. The Bertz CT molecular complexity index is 756. The molecular weight excluding hydrogens is 474 g/mol. The molecule has 0 radical (unpaired) electrons. The number of hydrogen-bond donors (Lipinski definition) is 3. The maximum absolute atomic E-state index is 12.3. The molecule has 0 aliphatic heterocycles. The molecule has 0 saturated heterocycles. The van der Waals surface area contributed by atoms with Gasteiger partial charge in [0.25, 0.3) is 10.1 Å². The molecule has 208 valence electrons. The van der Waals surface area contributed by atoms with Gasteiger partial charge in [-0.25, -0.2) is 0 Å². The SMILES string of the molecule is CCC/C=C/CC/C=C/C(O)C(CS(=O)(=O)O)NC(=O)CCCCCCC/C=C\C/C=C\CCCC. The minimum Gasteiger partial charge on any atom is -0.387 e. The zero-order valence-corrected chi connectivity index (χ0v) is 23.4. The van der Waals surface area contributed by atoms with Crippen LogP contribution in [0.5, 0.6) is 0 Å². The first kappa shape index (κ1) is 34.3. The van der Waals surface area contributed by atoms with E-state index in [0.717, 1.165) is 57.8 Å². The van der Waals surface area contributed by atoms with Crippen molar-refractivity contribution in [1.29, 1.82) is 0 Å². The summed E-state index contributed by atoms with van der Waals surface area (Å²) in [6.07, 6.45) is 29.7. The summed E-state index contributed by atoms with van der Waals surface area (Å²) in [5, 5.41) is 12.9. The summed E-state index contributed by atoms with van der Waals surface area (Å²) in [7, 11) is -4.34. The maximum atomic E-state index is 12.3. The quantitative estimate of drug-likeness (QED) is 0.0770. The first-order valence-corrected chi connectivity index (χ1v) is 15.4. The lowest BCUT2D eigenvalue weighted by Gasteiger charge is -2.21. The Morgan fingerprint density at radius 2 is 1.33 bits per heavy atom. The van der Waals surface area contributed by atoms with Crippen LogP contribution >= 0.6 is 0 Å². The van der Waals surface area contributed by atoms with Crippen molar-refractivity contribution in [3.05, 3.63) is 48.6 Å². The van der Waals surface area contributed by atoms with Crippen molar-refractivity contribution in [2.75, 3.05) is 5.75 Å². The number of carbonyl (C=O) groups is 1. The summed E-state index contributed by atoms with van der Waals surface area (Å²) in [5.74, 6) is -1.03. The molecule has 0 saturated carbocycles. The van der Waals surface area contributed by atoms with Gasteiger partial charge < -0.3 is 10.4 Å². The Morgan fingerprint density at radius 3 is 2.00 bits per heavy atom. The molecule has 0 spiro atoms. The predicted octanol–water partition coefficient (Wildman–Crippen LogP) is 6.84. The molecule has 2 atom stereocenters. The monoisotopic (exact) mass is 525 g/mol. The van der Waals surface area contributed by atoms with E-state index in [0.29, 0.717) is 12.8 Å². The van der Waals surface area contributed by atoms with Gasteiger partial charge in [-0.3, -0.25) is 9.35 Å². The number of aliphatic hydroxyl groups is 1. The third kappa shape index (κ3) is 24.0. The number of hydrogen-bond acceptors (Lipinski definition) is 4. The molecule has 1 amide bonds. The van der Waals surface area contributed by atoms with Gasteiger partial charge in [0.2, 0.25) is 5.91 Å². The van der Waals surface area contributed by atoms with E-state index in [4.69, 9.17) is 0 Å². The van der Waals surface area contributed by atoms with Gasteiger partial charge in [-0.1, -0.05) is 101 Å². The standard InChI is InChI=1S/C29H51NO5S/c1-3-5-7-9-11-12-13-14-15-16-17-19-21-23-25-29(32)30-27(26-36(33,34)35)28(31)24-22-20-18-10-8-6-4-2/h8-11,13-14,22,24,27-28,31H,3-7,12,15-21,23,25-26H2,1-2H3,(H,30,32)(H,33,34,35)/b10-8+,11-9-,14-13-,24-22+. The second kappa shape index (κ2) is 23.7. The van der Waals surface area contributed by atoms with Gasteiger partial charge in [0.05, 0.1) is 17.9 Å². The van der Waals surface area contributed by atoms with E-state index >= 15 is 0 Å². The van der Waals surface area contributed by atoms with Crippen LogP contribution in [-0.2, 0) is 14.9 Å². The van der Waals surface area contributed by atoms with Crippen LogP contribution < -0.4 is 5.32 Å². The lowest BCUT2D eigenvalue weighted by Crippen LogP contribution is -2.46. The molecule has 3 N–H and O–H groups in total. The summed E-state index contributed by atoms with van der Waals surface area (Å²) >= 11 is 0. The van der Waals surface area contributed by atoms with Crippen molar-refractivity contribution < 1.29 is 22.9 Å². The molecule has 0 aliphatic rings. The molecule has 0 fully saturated rings. The van der Waals surface area contributed by atoms with Gasteiger partial charge in [-0.2, -0.15) is 8.42 Å². The molecule has 0 aliphatic carbocycles. The van der Waals surface area contributed by atoms with Crippen molar-refractivity contribution in [3.63, 3.8) is 0 Å². The molecule has 0 aromatic rings. The first-order chi connectivity index (χ1) is 17.3. The fourth-order valence-corrected chi connectivity index (χ4v) is 4.34. The fourth-order valence-electron chi connectivity index (χ4n) is 3.60. The van der Waals surface area contributed by atoms with E-state index in [-0.39, 0.29) is 12.3 Å². The van der Waals surface area contributed by atoms with Crippen LogP contribution in [0.15, 0.2) is 48.6 Å². The number of amides is 1. The van der Waals surface area contributed by atoms with E-state index in [1.165, 1.54) is 25.3 Å². The number of aliphatic hydroxyl groups excluding tert-OH is 1. The van der Waals surface area contributed by atoms with Crippen LogP contribution in [0.25, 0.3) is 0 Å². The van der Waals surface area contributed by atoms with Gasteiger partial charge in [0, 0.05) is 6.42 Å². The van der Waals surface area contributed by atoms with Crippen molar-refractivity contribution in [3.8, 4) is 0 Å². The molecular formula is C29H51NO5S. The third-order valence-corrected chi connectivity index (χ3v) is 6.49. The molecule has 0 aromatic carbocycles. The van der Waals surface area contributed by atoms with Gasteiger partial charge in [0.15, 0.2) is 0 Å². The Labute approximate surface area is 220 Å². The number of allylic oxidation sites excluding steroid dienone is 7. The minimum absolute atomic E-state index is 0.269. The van der Waals surface area contributed by atoms with Gasteiger partial charge in [0.1, 0.15) is 0 Å². The molecule has 0 aromatic heterocycles. The van der Waals surface area contributed by atoms with Crippen LogP contribution in [0.4, 0.5) is 0 Å². The van der Waals surface area contributed by atoms with E-state index < -0.39 is 28.0 Å². The summed E-state index contributed by atoms with van der Waals surface area (Å²) < 4.78 is 31.9. The second-order valence-corrected chi connectivity index (χ2v) is 10.8. The van der Waals surface area contributed by atoms with Crippen molar-refractivity contribution in [2.45, 2.75) is 122 Å². The number of unbranched alkanes of at least 4 members (excludes halogenated alkanes) is 9. The Morgan fingerprint density at radius 1 is 0.750 bits per heavy atom. The Balaban J connectivity index is 4.16. The first-order valence-electron chi connectivity index (χ1n) is 13.8. The highest BCUT2D eigenvalue weighted by molar-refractivity contribution is 7.85. The molecule has 6 nitrogen and oxygen atoms in total. The molecule has 0 bridgehead atoms. The average Bonchev–Trinajstić information content (AvgIpc) is 2.82. The molecule has 0 heterocycles. The van der Waals surface area contributed by atoms with E-state index in [1.807, 2.05) is 0 Å². The normalized spacial score (nSPS) is 14.4. The zero-order chi connectivity index (χ0) is 26.9. The number of rotatable bonds is 23. The minimum atomic E-state index is -4.34. The van der Waals surface area contributed by atoms with Gasteiger partial charge in [-0.05, 0) is 51.4 Å². The third-order valence-electron chi connectivity index (χ3n) is 5.71. The van der Waals surface area contributed by atoms with Crippen LogP contribution in [0.2, 0.25) is 0 Å². The van der Waals surface area contributed by atoms with E-state index in [2.05, 4.69) is 55.6 Å². The highest BCUT2D eigenvalue weighted by atomic mass is 32.2.